The van der Waals surface area contributed by atoms with Crippen molar-refractivity contribution in [2.24, 2.45) is 0 Å². The second kappa shape index (κ2) is 13.9. The number of para-hydroxylation sites is 1. The van der Waals surface area contributed by atoms with Crippen LogP contribution in [0.25, 0.3) is 0 Å². The van der Waals surface area contributed by atoms with Crippen LogP contribution in [0.4, 0.5) is 0 Å². The molecule has 0 saturated heterocycles. The standard InChI is InChI=1S/C36H32NO3/c38-36(26-31-15-10-18-35(25-31)40-34-16-8-3-9-17-34)32-19-21-33(22-20-32)39-24-23-37(27-29-11-4-1-5-12-29)28-30-13-6-2-7-14-30/h1-22,25-26H,23-24,27-28H2. The lowest BCUT2D eigenvalue weighted by Crippen LogP contribution is -2.27. The van der Waals surface area contributed by atoms with Gasteiger partial charge < -0.3 is 9.47 Å². The molecule has 0 fully saturated rings. The van der Waals surface area contributed by atoms with E-state index in [2.05, 4.69) is 53.4 Å². The molecular weight excluding hydrogens is 494 g/mol. The largest absolute Gasteiger partial charge is 0.492 e. The van der Waals surface area contributed by atoms with Crippen LogP contribution in [-0.2, 0) is 13.1 Å². The Hall–Kier alpha value is -4.67. The molecule has 0 atom stereocenters. The highest BCUT2D eigenvalue weighted by Gasteiger charge is 2.11. The number of carbonyl (C=O) groups is 1. The van der Waals surface area contributed by atoms with Gasteiger partial charge in [-0.15, -0.1) is 0 Å². The molecule has 4 nitrogen and oxygen atoms in total. The van der Waals surface area contributed by atoms with Gasteiger partial charge >= 0.3 is 0 Å². The summed E-state index contributed by atoms with van der Waals surface area (Å²) in [5.41, 5.74) is 3.94. The third kappa shape index (κ3) is 8.16. The zero-order valence-electron chi connectivity index (χ0n) is 22.4. The van der Waals surface area contributed by atoms with E-state index < -0.39 is 0 Å². The van der Waals surface area contributed by atoms with Crippen LogP contribution in [0.5, 0.6) is 17.2 Å². The van der Waals surface area contributed by atoms with Crippen molar-refractivity contribution in [3.05, 3.63) is 168 Å². The van der Waals surface area contributed by atoms with Crippen molar-refractivity contribution in [3.8, 4) is 17.2 Å². The predicted octanol–water partition coefficient (Wildman–Crippen LogP) is 8.00. The third-order valence-electron chi connectivity index (χ3n) is 6.45. The van der Waals surface area contributed by atoms with Gasteiger partial charge in [0, 0.05) is 25.2 Å². The van der Waals surface area contributed by atoms with Crippen molar-refractivity contribution in [3.63, 3.8) is 0 Å². The highest BCUT2D eigenvalue weighted by molar-refractivity contribution is 6.04. The van der Waals surface area contributed by atoms with E-state index in [0.29, 0.717) is 17.9 Å². The normalized spacial score (nSPS) is 10.8. The quantitative estimate of drug-likeness (QED) is 0.146. The first-order chi connectivity index (χ1) is 19.7. The molecule has 199 valence electrons. The second-order valence-electron chi connectivity index (χ2n) is 9.55. The van der Waals surface area contributed by atoms with Crippen molar-refractivity contribution >= 4 is 5.78 Å². The van der Waals surface area contributed by atoms with Crippen molar-refractivity contribution in [1.82, 2.24) is 4.90 Å². The monoisotopic (exact) mass is 526 g/mol. The summed E-state index contributed by atoms with van der Waals surface area (Å²) in [5.74, 6) is 2.12. The van der Waals surface area contributed by atoms with E-state index in [9.17, 15) is 4.79 Å². The number of hydrogen-bond acceptors (Lipinski definition) is 4. The molecular formula is C36H32NO3. The minimum Gasteiger partial charge on any atom is -0.492 e. The minimum atomic E-state index is -0.0692. The molecule has 0 aromatic heterocycles. The zero-order valence-corrected chi connectivity index (χ0v) is 22.4. The second-order valence-corrected chi connectivity index (χ2v) is 9.55. The third-order valence-corrected chi connectivity index (χ3v) is 6.45. The molecule has 5 rings (SSSR count). The summed E-state index contributed by atoms with van der Waals surface area (Å²) in [5, 5.41) is 0. The van der Waals surface area contributed by atoms with E-state index in [1.165, 1.54) is 11.1 Å². The van der Waals surface area contributed by atoms with Gasteiger partial charge in [0.1, 0.15) is 23.9 Å². The fourth-order valence-electron chi connectivity index (χ4n) is 4.43. The van der Waals surface area contributed by atoms with Crippen molar-refractivity contribution < 1.29 is 14.3 Å². The van der Waals surface area contributed by atoms with Crippen LogP contribution in [0.15, 0.2) is 140 Å². The maximum atomic E-state index is 12.9. The summed E-state index contributed by atoms with van der Waals surface area (Å²) in [7, 11) is 0. The van der Waals surface area contributed by atoms with Crippen LogP contribution in [0.2, 0.25) is 0 Å². The molecule has 0 bridgehead atoms. The van der Waals surface area contributed by atoms with Crippen molar-refractivity contribution in [1.29, 1.82) is 0 Å². The molecule has 4 heteroatoms. The Morgan fingerprint density at radius 3 is 1.80 bits per heavy atom. The van der Waals surface area contributed by atoms with Gasteiger partial charge in [0.25, 0.3) is 0 Å². The molecule has 0 aliphatic carbocycles. The maximum Gasteiger partial charge on any atom is 0.171 e. The van der Waals surface area contributed by atoms with Gasteiger partial charge in [-0.1, -0.05) is 91.0 Å². The summed E-state index contributed by atoms with van der Waals surface area (Å²) < 4.78 is 11.9. The Balaban J connectivity index is 1.14. The fraction of sp³-hybridized carbons (Fsp3) is 0.111. The van der Waals surface area contributed by atoms with Gasteiger partial charge in [-0.05, 0) is 65.2 Å². The highest BCUT2D eigenvalue weighted by Crippen LogP contribution is 2.23. The number of carbonyl (C=O) groups excluding carboxylic acids is 1. The average Bonchev–Trinajstić information content (AvgIpc) is 2.99. The van der Waals surface area contributed by atoms with E-state index in [0.717, 1.165) is 36.7 Å². The SMILES string of the molecule is O=C([CH]c1cccc(Oc2ccccc2)c1)c1ccc(OCCN(Cc2ccccc2)Cc2ccccc2)cc1. The Labute approximate surface area is 236 Å². The van der Waals surface area contributed by atoms with E-state index in [1.807, 2.05) is 91.0 Å². The molecule has 1 radical (unpaired) electrons. The Bertz CT molecular complexity index is 1430. The molecule has 0 saturated carbocycles. The Kier molecular flexibility index (Phi) is 9.37. The number of ketones is 1. The van der Waals surface area contributed by atoms with Crippen LogP contribution in [-0.4, -0.2) is 23.8 Å². The molecule has 0 unspecified atom stereocenters. The number of rotatable bonds is 13. The minimum absolute atomic E-state index is 0.0692. The summed E-state index contributed by atoms with van der Waals surface area (Å²) >= 11 is 0. The zero-order chi connectivity index (χ0) is 27.4. The van der Waals surface area contributed by atoms with Crippen LogP contribution in [0.1, 0.15) is 27.0 Å². The molecule has 0 amide bonds. The molecule has 0 aliphatic heterocycles. The molecule has 0 spiro atoms. The molecule has 5 aromatic rings. The van der Waals surface area contributed by atoms with E-state index in [4.69, 9.17) is 9.47 Å². The lowest BCUT2D eigenvalue weighted by molar-refractivity contribution is 0.103. The number of nitrogens with zero attached hydrogens (tertiary/aromatic N) is 1. The fourth-order valence-corrected chi connectivity index (χ4v) is 4.43. The summed E-state index contributed by atoms with van der Waals surface area (Å²) in [6, 6.07) is 45.4. The van der Waals surface area contributed by atoms with E-state index in [-0.39, 0.29) is 5.78 Å². The first kappa shape index (κ1) is 26.9. The van der Waals surface area contributed by atoms with Crippen LogP contribution in [0, 0.1) is 6.42 Å². The van der Waals surface area contributed by atoms with Gasteiger partial charge in [-0.3, -0.25) is 9.69 Å². The number of ether oxygens (including phenoxy) is 2. The van der Waals surface area contributed by atoms with Gasteiger partial charge in [0.05, 0.1) is 6.42 Å². The van der Waals surface area contributed by atoms with Crippen LogP contribution < -0.4 is 9.47 Å². The lowest BCUT2D eigenvalue weighted by Gasteiger charge is -2.23. The molecule has 0 N–H and O–H groups in total. The highest BCUT2D eigenvalue weighted by atomic mass is 16.5. The number of hydrogen-bond donors (Lipinski definition) is 0. The Morgan fingerprint density at radius 2 is 1.18 bits per heavy atom. The predicted molar refractivity (Wildman–Crippen MR) is 160 cm³/mol. The van der Waals surface area contributed by atoms with Crippen LogP contribution in [0.3, 0.4) is 0 Å². The van der Waals surface area contributed by atoms with Gasteiger partial charge in [-0.2, -0.15) is 0 Å². The summed E-state index contributed by atoms with van der Waals surface area (Å²) in [6.45, 7) is 3.02. The van der Waals surface area contributed by atoms with E-state index in [1.54, 1.807) is 6.42 Å². The van der Waals surface area contributed by atoms with E-state index >= 15 is 0 Å². The molecule has 40 heavy (non-hydrogen) atoms. The van der Waals surface area contributed by atoms with Gasteiger partial charge in [-0.25, -0.2) is 0 Å². The smallest absolute Gasteiger partial charge is 0.171 e. The lowest BCUT2D eigenvalue weighted by atomic mass is 10.0. The van der Waals surface area contributed by atoms with Gasteiger partial charge in [0.2, 0.25) is 0 Å². The van der Waals surface area contributed by atoms with Crippen molar-refractivity contribution in [2.75, 3.05) is 13.2 Å². The topological polar surface area (TPSA) is 38.8 Å². The van der Waals surface area contributed by atoms with Gasteiger partial charge in [0.15, 0.2) is 5.78 Å². The first-order valence-electron chi connectivity index (χ1n) is 13.5. The number of Topliss-reactive ketones (excluding diaryl/α,β-unsaturated/α-hetero) is 1. The molecule has 0 heterocycles. The summed E-state index contributed by atoms with van der Waals surface area (Å²) in [6.07, 6.45) is 1.62. The Morgan fingerprint density at radius 1 is 0.600 bits per heavy atom. The van der Waals surface area contributed by atoms with Crippen molar-refractivity contribution in [2.45, 2.75) is 13.1 Å². The van der Waals surface area contributed by atoms with Crippen LogP contribution >= 0.6 is 0 Å². The maximum absolute atomic E-state index is 12.9. The first-order valence-corrected chi connectivity index (χ1v) is 13.5. The average molecular weight is 527 g/mol. The summed E-state index contributed by atoms with van der Waals surface area (Å²) in [4.78, 5) is 15.3. The molecule has 5 aromatic carbocycles. The molecule has 0 aliphatic rings. The number of benzene rings is 5.